The third-order valence-electron chi connectivity index (χ3n) is 4.07. The van der Waals surface area contributed by atoms with Crippen LogP contribution in [0.4, 0.5) is 0 Å². The molecular weight excluding hydrogens is 264 g/mol. The highest BCUT2D eigenvalue weighted by Gasteiger charge is 2.20. The van der Waals surface area contributed by atoms with Crippen LogP contribution in [0.1, 0.15) is 52.3 Å². The second-order valence-electron chi connectivity index (χ2n) is 5.54. The summed E-state index contributed by atoms with van der Waals surface area (Å²) in [6, 6.07) is 11.3. The summed E-state index contributed by atoms with van der Waals surface area (Å²) in [4.78, 5) is 2.91. The lowest BCUT2D eigenvalue weighted by atomic mass is 10.0. The van der Waals surface area contributed by atoms with Crippen LogP contribution < -0.4 is 11.3 Å². The molecule has 1 aliphatic carbocycles. The minimum Gasteiger partial charge on any atom is -0.271 e. The van der Waals surface area contributed by atoms with E-state index in [2.05, 4.69) is 42.7 Å². The summed E-state index contributed by atoms with van der Waals surface area (Å²) in [5.74, 6) is 5.81. The third-order valence-corrected chi connectivity index (χ3v) is 5.37. The predicted octanol–water partition coefficient (Wildman–Crippen LogP) is 3.74. The molecule has 20 heavy (non-hydrogen) atoms. The fourth-order valence-electron chi connectivity index (χ4n) is 3.00. The summed E-state index contributed by atoms with van der Waals surface area (Å²) in [5, 5.41) is 0. The second kappa shape index (κ2) is 6.08. The van der Waals surface area contributed by atoms with Gasteiger partial charge in [0.1, 0.15) is 0 Å². The molecule has 3 N–H and O–H groups in total. The van der Waals surface area contributed by atoms with Crippen LogP contribution in [0.5, 0.6) is 0 Å². The summed E-state index contributed by atoms with van der Waals surface area (Å²) < 4.78 is 0. The first-order chi connectivity index (χ1) is 9.81. The lowest BCUT2D eigenvalue weighted by Gasteiger charge is -2.15. The largest absolute Gasteiger partial charge is 0.271 e. The van der Waals surface area contributed by atoms with E-state index >= 15 is 0 Å². The Hall–Kier alpha value is -1.16. The Morgan fingerprint density at radius 3 is 2.70 bits per heavy atom. The summed E-state index contributed by atoms with van der Waals surface area (Å²) in [7, 11) is 0. The number of nitrogens with two attached hydrogens (primary N) is 1. The number of benzene rings is 1. The molecule has 0 radical (unpaired) electrons. The van der Waals surface area contributed by atoms with E-state index in [4.69, 9.17) is 5.84 Å². The molecule has 0 spiro atoms. The maximum absolute atomic E-state index is 5.81. The first-order valence-corrected chi connectivity index (χ1v) is 8.30. The van der Waals surface area contributed by atoms with Crippen LogP contribution in [0.25, 0.3) is 0 Å². The molecule has 1 heterocycles. The number of nitrogens with one attached hydrogen (secondary N) is 1. The van der Waals surface area contributed by atoms with Crippen molar-refractivity contribution in [2.24, 2.45) is 5.84 Å². The lowest BCUT2D eigenvalue weighted by Crippen LogP contribution is -2.28. The molecule has 0 aliphatic heterocycles. The molecule has 0 saturated carbocycles. The summed E-state index contributed by atoms with van der Waals surface area (Å²) in [6.07, 6.45) is 6.13. The van der Waals surface area contributed by atoms with E-state index < -0.39 is 0 Å². The zero-order chi connectivity index (χ0) is 13.9. The van der Waals surface area contributed by atoms with Gasteiger partial charge in [-0.25, -0.2) is 5.43 Å². The molecule has 2 aromatic rings. The van der Waals surface area contributed by atoms with Crippen LogP contribution in [0, 0.1) is 0 Å². The number of hydrazine groups is 1. The molecule has 3 rings (SSSR count). The van der Waals surface area contributed by atoms with Crippen molar-refractivity contribution in [3.63, 3.8) is 0 Å². The highest BCUT2D eigenvalue weighted by molar-refractivity contribution is 7.12. The third kappa shape index (κ3) is 2.66. The molecule has 0 saturated heterocycles. The smallest absolute Gasteiger partial charge is 0.0802 e. The fourth-order valence-corrected chi connectivity index (χ4v) is 4.35. The number of hydrogen-bond acceptors (Lipinski definition) is 3. The van der Waals surface area contributed by atoms with E-state index in [1.54, 1.807) is 4.88 Å². The van der Waals surface area contributed by atoms with Gasteiger partial charge in [-0.3, -0.25) is 5.84 Å². The van der Waals surface area contributed by atoms with Gasteiger partial charge in [-0.2, -0.15) is 0 Å². The number of aryl methyl sites for hydroxylation is 3. The van der Waals surface area contributed by atoms with Gasteiger partial charge in [-0.1, -0.05) is 37.6 Å². The van der Waals surface area contributed by atoms with E-state index in [0.717, 1.165) is 6.42 Å². The zero-order valence-electron chi connectivity index (χ0n) is 12.0. The van der Waals surface area contributed by atoms with Crippen molar-refractivity contribution >= 4 is 11.3 Å². The quantitative estimate of drug-likeness (QED) is 0.649. The van der Waals surface area contributed by atoms with Crippen LogP contribution in [-0.4, -0.2) is 0 Å². The van der Waals surface area contributed by atoms with E-state index in [1.165, 1.54) is 47.3 Å². The predicted molar refractivity (Wildman–Crippen MR) is 85.9 cm³/mol. The standard InChI is InChI=1S/C17H22N2S/c1-2-4-12-7-9-13(10-8-12)17(19-18)16-11-14-5-3-6-15(14)20-16/h7-11,17,19H,2-6,18H2,1H3. The Morgan fingerprint density at radius 2 is 2.05 bits per heavy atom. The average molecular weight is 286 g/mol. The Kier molecular flexibility index (Phi) is 4.20. The van der Waals surface area contributed by atoms with Crippen LogP contribution >= 0.6 is 11.3 Å². The van der Waals surface area contributed by atoms with Gasteiger partial charge in [-0.15, -0.1) is 11.3 Å². The number of rotatable bonds is 5. The van der Waals surface area contributed by atoms with Gasteiger partial charge in [0.15, 0.2) is 0 Å². The normalized spacial score (nSPS) is 15.3. The highest BCUT2D eigenvalue weighted by Crippen LogP contribution is 2.35. The fraction of sp³-hybridized carbons (Fsp3) is 0.412. The van der Waals surface area contributed by atoms with Crippen LogP contribution in [0.2, 0.25) is 0 Å². The van der Waals surface area contributed by atoms with E-state index in [9.17, 15) is 0 Å². The first-order valence-electron chi connectivity index (χ1n) is 7.48. The molecule has 1 aromatic heterocycles. The van der Waals surface area contributed by atoms with E-state index in [-0.39, 0.29) is 6.04 Å². The first kappa shape index (κ1) is 13.8. The van der Waals surface area contributed by atoms with E-state index in [0.29, 0.717) is 0 Å². The number of thiophene rings is 1. The van der Waals surface area contributed by atoms with Gasteiger partial charge in [0.2, 0.25) is 0 Å². The lowest BCUT2D eigenvalue weighted by molar-refractivity contribution is 0.645. The Bertz CT molecular complexity index is 550. The molecule has 1 aromatic carbocycles. The van der Waals surface area contributed by atoms with Gasteiger partial charge < -0.3 is 0 Å². The molecule has 0 bridgehead atoms. The monoisotopic (exact) mass is 286 g/mol. The maximum Gasteiger partial charge on any atom is 0.0802 e. The topological polar surface area (TPSA) is 38.0 Å². The number of hydrogen-bond donors (Lipinski definition) is 2. The maximum atomic E-state index is 5.81. The van der Waals surface area contributed by atoms with Crippen molar-refractivity contribution in [3.8, 4) is 0 Å². The molecule has 1 aliphatic rings. The minimum absolute atomic E-state index is 0.126. The van der Waals surface area contributed by atoms with Crippen molar-refractivity contribution in [2.45, 2.75) is 45.1 Å². The molecule has 0 amide bonds. The Balaban J connectivity index is 1.84. The van der Waals surface area contributed by atoms with Crippen LogP contribution in [-0.2, 0) is 19.3 Å². The summed E-state index contributed by atoms with van der Waals surface area (Å²) in [6.45, 7) is 2.21. The molecule has 2 nitrogen and oxygen atoms in total. The van der Waals surface area contributed by atoms with Crippen molar-refractivity contribution in [2.75, 3.05) is 0 Å². The summed E-state index contributed by atoms with van der Waals surface area (Å²) in [5.41, 5.74) is 7.18. The molecular formula is C17H22N2S. The van der Waals surface area contributed by atoms with Gasteiger partial charge in [-0.05, 0) is 48.4 Å². The van der Waals surface area contributed by atoms with Crippen molar-refractivity contribution in [3.05, 3.63) is 56.8 Å². The SMILES string of the molecule is CCCc1ccc(C(NN)c2cc3c(s2)CCC3)cc1. The van der Waals surface area contributed by atoms with Crippen LogP contribution in [0.15, 0.2) is 30.3 Å². The minimum atomic E-state index is 0.126. The molecule has 106 valence electrons. The van der Waals surface area contributed by atoms with Crippen molar-refractivity contribution in [1.82, 2.24) is 5.43 Å². The van der Waals surface area contributed by atoms with Gasteiger partial charge in [0, 0.05) is 9.75 Å². The Morgan fingerprint density at radius 1 is 1.25 bits per heavy atom. The average Bonchev–Trinajstić information content (AvgIpc) is 3.03. The van der Waals surface area contributed by atoms with Crippen molar-refractivity contribution in [1.29, 1.82) is 0 Å². The van der Waals surface area contributed by atoms with Crippen LogP contribution in [0.3, 0.4) is 0 Å². The van der Waals surface area contributed by atoms with Gasteiger partial charge >= 0.3 is 0 Å². The van der Waals surface area contributed by atoms with Gasteiger partial charge in [0.25, 0.3) is 0 Å². The van der Waals surface area contributed by atoms with Crippen molar-refractivity contribution < 1.29 is 0 Å². The zero-order valence-corrected chi connectivity index (χ0v) is 12.8. The Labute approximate surface area is 125 Å². The second-order valence-corrected chi connectivity index (χ2v) is 6.71. The van der Waals surface area contributed by atoms with Gasteiger partial charge in [0.05, 0.1) is 6.04 Å². The van der Waals surface area contributed by atoms with E-state index in [1.807, 2.05) is 11.3 Å². The highest BCUT2D eigenvalue weighted by atomic mass is 32.1. The molecule has 0 fully saturated rings. The molecule has 1 atom stereocenters. The molecule has 3 heteroatoms. The summed E-state index contributed by atoms with van der Waals surface area (Å²) >= 11 is 1.92. The molecule has 1 unspecified atom stereocenters. The number of fused-ring (bicyclic) bond motifs is 1.